The van der Waals surface area contributed by atoms with E-state index in [0.717, 1.165) is 18.8 Å². The molecule has 1 fully saturated rings. The molecule has 0 saturated heterocycles. The number of carbonyl (C=O) groups is 2. The summed E-state index contributed by atoms with van der Waals surface area (Å²) in [4.78, 5) is 21.9. The van der Waals surface area contributed by atoms with Crippen molar-refractivity contribution in [3.63, 3.8) is 0 Å². The van der Waals surface area contributed by atoms with Gasteiger partial charge in [0.05, 0.1) is 5.75 Å². The maximum atomic E-state index is 11.4. The summed E-state index contributed by atoms with van der Waals surface area (Å²) in [6.45, 7) is 4.16. The second kappa shape index (κ2) is 8.82. The Morgan fingerprint density at radius 1 is 1.20 bits per heavy atom. The molecule has 0 aromatic carbocycles. The lowest BCUT2D eigenvalue weighted by Gasteiger charge is -2.29. The van der Waals surface area contributed by atoms with Gasteiger partial charge in [0.15, 0.2) is 0 Å². The quantitative estimate of drug-likeness (QED) is 0.715. The molecule has 1 aliphatic rings. The van der Waals surface area contributed by atoms with E-state index in [9.17, 15) is 14.7 Å². The van der Waals surface area contributed by atoms with E-state index in [1.807, 2.05) is 6.92 Å². The molecule has 0 radical (unpaired) electrons. The van der Waals surface area contributed by atoms with Gasteiger partial charge in [0.1, 0.15) is 5.25 Å². The lowest BCUT2D eigenvalue weighted by Crippen LogP contribution is -2.30. The number of carboxylic acids is 2. The molecule has 4 nitrogen and oxygen atoms in total. The van der Waals surface area contributed by atoms with Crippen LogP contribution >= 0.6 is 23.5 Å². The standard InChI is InChI=1S/C14H24O4S2/c1-9-3-5-11(6-4-9)20-13(14(17)18)10(2)7-19-8-12(15)16/h9-11,13H,3-8H2,1-2H3,(H,15,16)(H,17,18). The van der Waals surface area contributed by atoms with Crippen LogP contribution in [0.2, 0.25) is 0 Å². The van der Waals surface area contributed by atoms with E-state index < -0.39 is 17.2 Å². The highest BCUT2D eigenvalue weighted by Gasteiger charge is 2.30. The molecule has 0 bridgehead atoms. The van der Waals surface area contributed by atoms with Crippen molar-refractivity contribution in [3.8, 4) is 0 Å². The summed E-state index contributed by atoms with van der Waals surface area (Å²) in [6, 6.07) is 0. The van der Waals surface area contributed by atoms with Crippen LogP contribution in [0, 0.1) is 11.8 Å². The molecule has 0 aliphatic heterocycles. The molecule has 1 rings (SSSR count). The molecule has 2 atom stereocenters. The third kappa shape index (κ3) is 6.39. The van der Waals surface area contributed by atoms with Crippen LogP contribution in [0.5, 0.6) is 0 Å². The fourth-order valence-electron chi connectivity index (χ4n) is 2.43. The van der Waals surface area contributed by atoms with Crippen molar-refractivity contribution in [1.82, 2.24) is 0 Å². The maximum Gasteiger partial charge on any atom is 0.316 e. The number of thioether (sulfide) groups is 2. The first-order valence-corrected chi connectivity index (χ1v) is 9.17. The van der Waals surface area contributed by atoms with Crippen molar-refractivity contribution in [2.45, 2.75) is 50.0 Å². The van der Waals surface area contributed by atoms with E-state index in [1.54, 1.807) is 11.8 Å². The average molecular weight is 320 g/mol. The van der Waals surface area contributed by atoms with Gasteiger partial charge in [-0.05, 0) is 43.3 Å². The first-order chi connectivity index (χ1) is 9.40. The van der Waals surface area contributed by atoms with Crippen LogP contribution in [0.4, 0.5) is 0 Å². The fraction of sp³-hybridized carbons (Fsp3) is 0.857. The van der Waals surface area contributed by atoms with Gasteiger partial charge in [0, 0.05) is 5.25 Å². The first-order valence-electron chi connectivity index (χ1n) is 7.08. The van der Waals surface area contributed by atoms with Gasteiger partial charge in [0.25, 0.3) is 0 Å². The predicted molar refractivity (Wildman–Crippen MR) is 84.6 cm³/mol. The van der Waals surface area contributed by atoms with Crippen molar-refractivity contribution in [2.24, 2.45) is 11.8 Å². The maximum absolute atomic E-state index is 11.4. The van der Waals surface area contributed by atoms with Crippen molar-refractivity contribution >= 4 is 35.5 Å². The minimum Gasteiger partial charge on any atom is -0.481 e. The monoisotopic (exact) mass is 320 g/mol. The second-order valence-electron chi connectivity index (χ2n) is 5.66. The topological polar surface area (TPSA) is 74.6 Å². The minimum absolute atomic E-state index is 0.0128. The van der Waals surface area contributed by atoms with Gasteiger partial charge in [-0.2, -0.15) is 0 Å². The van der Waals surface area contributed by atoms with Gasteiger partial charge >= 0.3 is 11.9 Å². The van der Waals surface area contributed by atoms with Gasteiger partial charge in [-0.15, -0.1) is 23.5 Å². The van der Waals surface area contributed by atoms with E-state index in [2.05, 4.69) is 6.92 Å². The lowest BCUT2D eigenvalue weighted by molar-refractivity contribution is -0.137. The summed E-state index contributed by atoms with van der Waals surface area (Å²) in [7, 11) is 0. The Hall–Kier alpha value is -0.360. The summed E-state index contributed by atoms with van der Waals surface area (Å²) in [5.74, 6) is -0.235. The zero-order valence-corrected chi connectivity index (χ0v) is 13.7. The highest BCUT2D eigenvalue weighted by molar-refractivity contribution is 8.01. The van der Waals surface area contributed by atoms with E-state index in [1.165, 1.54) is 24.6 Å². The van der Waals surface area contributed by atoms with Crippen molar-refractivity contribution in [2.75, 3.05) is 11.5 Å². The minimum atomic E-state index is -0.844. The van der Waals surface area contributed by atoms with Crippen molar-refractivity contribution in [1.29, 1.82) is 0 Å². The molecule has 0 aromatic rings. The Balaban J connectivity index is 2.42. The molecular formula is C14H24O4S2. The van der Waals surface area contributed by atoms with Gasteiger partial charge < -0.3 is 10.2 Å². The van der Waals surface area contributed by atoms with Crippen LogP contribution in [0.25, 0.3) is 0 Å². The molecule has 0 aromatic heterocycles. The van der Waals surface area contributed by atoms with E-state index >= 15 is 0 Å². The average Bonchev–Trinajstić information content (AvgIpc) is 2.37. The molecule has 2 N–H and O–H groups in total. The second-order valence-corrected chi connectivity index (χ2v) is 8.14. The number of carboxylic acid groups (broad SMARTS) is 2. The Bertz CT molecular complexity index is 327. The molecule has 116 valence electrons. The summed E-state index contributed by atoms with van der Waals surface area (Å²) < 4.78 is 0. The molecule has 1 saturated carbocycles. The number of aliphatic carboxylic acids is 2. The van der Waals surface area contributed by atoms with Crippen LogP contribution in [0.1, 0.15) is 39.5 Å². The summed E-state index contributed by atoms with van der Waals surface area (Å²) in [5.41, 5.74) is 0. The van der Waals surface area contributed by atoms with Crippen molar-refractivity contribution in [3.05, 3.63) is 0 Å². The zero-order valence-electron chi connectivity index (χ0n) is 12.1. The fourth-order valence-corrected chi connectivity index (χ4v) is 4.85. The van der Waals surface area contributed by atoms with Crippen LogP contribution in [0.15, 0.2) is 0 Å². The van der Waals surface area contributed by atoms with Gasteiger partial charge in [-0.25, -0.2) is 0 Å². The normalized spacial score (nSPS) is 25.9. The molecule has 20 heavy (non-hydrogen) atoms. The summed E-state index contributed by atoms with van der Waals surface area (Å²) >= 11 is 2.88. The van der Waals surface area contributed by atoms with Gasteiger partial charge in [0.2, 0.25) is 0 Å². The Morgan fingerprint density at radius 2 is 1.80 bits per heavy atom. The number of hydrogen-bond acceptors (Lipinski definition) is 4. The Morgan fingerprint density at radius 3 is 2.30 bits per heavy atom. The van der Waals surface area contributed by atoms with Crippen LogP contribution in [-0.2, 0) is 9.59 Å². The van der Waals surface area contributed by atoms with Crippen LogP contribution in [0.3, 0.4) is 0 Å². The third-order valence-electron chi connectivity index (χ3n) is 3.67. The molecular weight excluding hydrogens is 296 g/mol. The van der Waals surface area contributed by atoms with E-state index in [0.29, 0.717) is 11.0 Å². The molecule has 6 heteroatoms. The molecule has 0 spiro atoms. The first kappa shape index (κ1) is 17.7. The van der Waals surface area contributed by atoms with Gasteiger partial charge in [-0.3, -0.25) is 9.59 Å². The molecule has 0 amide bonds. The summed E-state index contributed by atoms with van der Waals surface area (Å²) in [6.07, 6.45) is 4.58. The highest BCUT2D eigenvalue weighted by atomic mass is 32.2. The van der Waals surface area contributed by atoms with Gasteiger partial charge in [-0.1, -0.05) is 13.8 Å². The molecule has 0 heterocycles. The lowest BCUT2D eigenvalue weighted by atomic mass is 9.91. The SMILES string of the molecule is CC1CCC(SC(C(=O)O)C(C)CSCC(=O)O)CC1. The highest BCUT2D eigenvalue weighted by Crippen LogP contribution is 2.36. The zero-order chi connectivity index (χ0) is 15.1. The number of hydrogen-bond donors (Lipinski definition) is 2. The third-order valence-corrected chi connectivity index (χ3v) is 6.70. The largest absolute Gasteiger partial charge is 0.481 e. The molecule has 1 aliphatic carbocycles. The predicted octanol–water partition coefficient (Wildman–Crippen LogP) is 3.21. The van der Waals surface area contributed by atoms with Crippen LogP contribution < -0.4 is 0 Å². The summed E-state index contributed by atoms with van der Waals surface area (Å²) in [5, 5.41) is 18.0. The Labute approximate surface area is 129 Å². The smallest absolute Gasteiger partial charge is 0.316 e. The van der Waals surface area contributed by atoms with E-state index in [4.69, 9.17) is 5.11 Å². The van der Waals surface area contributed by atoms with Crippen LogP contribution in [-0.4, -0.2) is 44.2 Å². The van der Waals surface area contributed by atoms with Crippen molar-refractivity contribution < 1.29 is 19.8 Å². The number of rotatable bonds is 8. The Kier molecular flexibility index (Phi) is 7.80. The van der Waals surface area contributed by atoms with E-state index in [-0.39, 0.29) is 11.7 Å². The molecule has 2 unspecified atom stereocenters.